The van der Waals surface area contributed by atoms with E-state index in [0.29, 0.717) is 0 Å². The van der Waals surface area contributed by atoms with Gasteiger partial charge in [0.25, 0.3) is 0 Å². The molecule has 0 aliphatic rings. The molecule has 0 aromatic heterocycles. The topological polar surface area (TPSA) is 0 Å². The van der Waals surface area contributed by atoms with E-state index in [-0.39, 0.29) is 11.6 Å². The van der Waals surface area contributed by atoms with Gasteiger partial charge in [-0.1, -0.05) is 47.9 Å². The highest BCUT2D eigenvalue weighted by Crippen LogP contribution is 2.22. The molecule has 0 unspecified atom stereocenters. The normalized spacial score (nSPS) is 9.93. The Morgan fingerprint density at radius 2 is 0.821 bits per heavy atom. The Hall–Kier alpha value is -3.88. The van der Waals surface area contributed by atoms with Crippen LogP contribution in [0.15, 0.2) is 84.9 Å². The van der Waals surface area contributed by atoms with E-state index < -0.39 is 0 Å². The van der Waals surface area contributed by atoms with Gasteiger partial charge < -0.3 is 0 Å². The minimum absolute atomic E-state index is 0.278. The fraction of sp³-hybridized carbons (Fsp3) is 0. The van der Waals surface area contributed by atoms with Crippen molar-refractivity contribution in [1.82, 2.24) is 0 Å². The van der Waals surface area contributed by atoms with Gasteiger partial charge in [-0.3, -0.25) is 0 Å². The number of hydrogen-bond acceptors (Lipinski definition) is 0. The van der Waals surface area contributed by atoms with Crippen LogP contribution in [0.1, 0.15) is 22.3 Å². The summed E-state index contributed by atoms with van der Waals surface area (Å²) in [4.78, 5) is 0. The zero-order chi connectivity index (χ0) is 19.3. The first-order valence-electron chi connectivity index (χ1n) is 8.76. The Morgan fingerprint density at radius 3 is 1.21 bits per heavy atom. The lowest BCUT2D eigenvalue weighted by Gasteiger charge is -2.03. The van der Waals surface area contributed by atoms with Gasteiger partial charge in [0.1, 0.15) is 11.6 Å². The first-order chi connectivity index (χ1) is 13.7. The van der Waals surface area contributed by atoms with Gasteiger partial charge in [-0.25, -0.2) is 8.78 Å². The van der Waals surface area contributed by atoms with Crippen LogP contribution in [0.5, 0.6) is 0 Å². The van der Waals surface area contributed by atoms with Gasteiger partial charge in [-0.05, 0) is 71.4 Å². The van der Waals surface area contributed by atoms with Crippen molar-refractivity contribution >= 4 is 10.8 Å². The van der Waals surface area contributed by atoms with Crippen LogP contribution in [0.2, 0.25) is 0 Å². The second kappa shape index (κ2) is 7.78. The summed E-state index contributed by atoms with van der Waals surface area (Å²) in [7, 11) is 0. The van der Waals surface area contributed by atoms with E-state index >= 15 is 0 Å². The van der Waals surface area contributed by atoms with Crippen molar-refractivity contribution in [2.45, 2.75) is 0 Å². The average molecular weight is 364 g/mol. The van der Waals surface area contributed by atoms with Crippen molar-refractivity contribution in [3.05, 3.63) is 119 Å². The van der Waals surface area contributed by atoms with E-state index in [1.54, 1.807) is 24.3 Å². The van der Waals surface area contributed by atoms with Gasteiger partial charge in [0.15, 0.2) is 0 Å². The first-order valence-corrected chi connectivity index (χ1v) is 8.76. The lowest BCUT2D eigenvalue weighted by Crippen LogP contribution is -1.85. The molecule has 4 aromatic rings. The molecule has 0 saturated heterocycles. The summed E-state index contributed by atoms with van der Waals surface area (Å²) in [5.41, 5.74) is 3.27. The van der Waals surface area contributed by atoms with Crippen LogP contribution in [0.25, 0.3) is 10.8 Å². The van der Waals surface area contributed by atoms with Crippen LogP contribution >= 0.6 is 0 Å². The quantitative estimate of drug-likeness (QED) is 0.340. The van der Waals surface area contributed by atoms with E-state index in [9.17, 15) is 8.78 Å². The Bertz CT molecular complexity index is 1160. The largest absolute Gasteiger partial charge is 0.207 e. The summed E-state index contributed by atoms with van der Waals surface area (Å²) in [5.74, 6) is 11.9. The predicted octanol–water partition coefficient (Wildman–Crippen LogP) is 5.92. The average Bonchev–Trinajstić information content (AvgIpc) is 2.73. The third-order valence-electron chi connectivity index (χ3n) is 4.29. The molecule has 0 fully saturated rings. The van der Waals surface area contributed by atoms with E-state index in [4.69, 9.17) is 0 Å². The fourth-order valence-corrected chi connectivity index (χ4v) is 2.87. The standard InChI is InChI=1S/C26H14F2/c27-23-15-9-19(10-16-23)7-13-21-3-1-5-25-22(4-2-6-26(21)25)14-8-20-11-17-24(28)18-12-20/h1-6,9-12,15-18H. The number of hydrogen-bond donors (Lipinski definition) is 0. The molecule has 0 N–H and O–H groups in total. The Balaban J connectivity index is 1.73. The molecular formula is C26H14F2. The molecule has 132 valence electrons. The Kier molecular flexibility index (Phi) is 4.87. The zero-order valence-electron chi connectivity index (χ0n) is 14.8. The molecule has 0 saturated carbocycles. The molecule has 0 bridgehead atoms. The maximum atomic E-state index is 13.0. The lowest BCUT2D eigenvalue weighted by atomic mass is 10.00. The van der Waals surface area contributed by atoms with Crippen LogP contribution < -0.4 is 0 Å². The second-order valence-corrected chi connectivity index (χ2v) is 6.22. The van der Waals surface area contributed by atoms with Crippen LogP contribution in [0.4, 0.5) is 8.78 Å². The summed E-state index contributed by atoms with van der Waals surface area (Å²) in [6.45, 7) is 0. The van der Waals surface area contributed by atoms with Gasteiger partial charge in [0, 0.05) is 22.3 Å². The van der Waals surface area contributed by atoms with Crippen LogP contribution in [-0.2, 0) is 0 Å². The molecule has 4 rings (SSSR count). The molecular weight excluding hydrogens is 350 g/mol. The van der Waals surface area contributed by atoms with E-state index in [1.165, 1.54) is 24.3 Å². The summed E-state index contributed by atoms with van der Waals surface area (Å²) in [5, 5.41) is 2.01. The highest BCUT2D eigenvalue weighted by Gasteiger charge is 2.02. The highest BCUT2D eigenvalue weighted by molar-refractivity contribution is 5.92. The zero-order valence-corrected chi connectivity index (χ0v) is 14.8. The maximum absolute atomic E-state index is 13.0. The van der Waals surface area contributed by atoms with Crippen molar-refractivity contribution in [2.24, 2.45) is 0 Å². The molecule has 2 heteroatoms. The molecule has 0 amide bonds. The number of fused-ring (bicyclic) bond motifs is 1. The minimum Gasteiger partial charge on any atom is -0.207 e. The fourth-order valence-electron chi connectivity index (χ4n) is 2.87. The summed E-state index contributed by atoms with van der Waals surface area (Å²) >= 11 is 0. The molecule has 4 aromatic carbocycles. The van der Waals surface area contributed by atoms with Gasteiger partial charge in [-0.2, -0.15) is 0 Å². The SMILES string of the molecule is Fc1ccc(C#Cc2cccc3c(C#Cc4ccc(F)cc4)cccc23)cc1. The van der Waals surface area contributed by atoms with E-state index in [2.05, 4.69) is 23.7 Å². The van der Waals surface area contributed by atoms with Crippen molar-refractivity contribution in [1.29, 1.82) is 0 Å². The van der Waals surface area contributed by atoms with E-state index in [1.807, 2.05) is 36.4 Å². The maximum Gasteiger partial charge on any atom is 0.123 e. The number of rotatable bonds is 0. The van der Waals surface area contributed by atoms with Gasteiger partial charge >= 0.3 is 0 Å². The smallest absolute Gasteiger partial charge is 0.123 e. The molecule has 0 atom stereocenters. The summed E-state index contributed by atoms with van der Waals surface area (Å²) in [6.07, 6.45) is 0. The molecule has 28 heavy (non-hydrogen) atoms. The molecule has 0 spiro atoms. The second-order valence-electron chi connectivity index (χ2n) is 6.22. The molecule has 0 radical (unpaired) electrons. The molecule has 0 nitrogen and oxygen atoms in total. The van der Waals surface area contributed by atoms with Crippen molar-refractivity contribution < 1.29 is 8.78 Å². The van der Waals surface area contributed by atoms with Gasteiger partial charge in [0.2, 0.25) is 0 Å². The minimum atomic E-state index is -0.278. The number of halogens is 2. The van der Waals surface area contributed by atoms with E-state index in [0.717, 1.165) is 33.0 Å². The Labute approximate surface area is 162 Å². The monoisotopic (exact) mass is 364 g/mol. The molecule has 0 aliphatic heterocycles. The highest BCUT2D eigenvalue weighted by atomic mass is 19.1. The lowest BCUT2D eigenvalue weighted by molar-refractivity contribution is 0.627. The third kappa shape index (κ3) is 3.93. The van der Waals surface area contributed by atoms with Gasteiger partial charge in [0.05, 0.1) is 0 Å². The number of benzene rings is 4. The van der Waals surface area contributed by atoms with Crippen molar-refractivity contribution in [2.75, 3.05) is 0 Å². The first kappa shape index (κ1) is 17.5. The third-order valence-corrected chi connectivity index (χ3v) is 4.29. The predicted molar refractivity (Wildman–Crippen MR) is 109 cm³/mol. The van der Waals surface area contributed by atoms with Crippen molar-refractivity contribution in [3.63, 3.8) is 0 Å². The Morgan fingerprint density at radius 1 is 0.429 bits per heavy atom. The van der Waals surface area contributed by atoms with Crippen LogP contribution in [-0.4, -0.2) is 0 Å². The van der Waals surface area contributed by atoms with Crippen LogP contribution in [0.3, 0.4) is 0 Å². The summed E-state index contributed by atoms with van der Waals surface area (Å²) in [6, 6.07) is 24.0. The van der Waals surface area contributed by atoms with Gasteiger partial charge in [-0.15, -0.1) is 0 Å². The molecule has 0 aliphatic carbocycles. The summed E-state index contributed by atoms with van der Waals surface area (Å²) < 4.78 is 26.1. The van der Waals surface area contributed by atoms with Crippen LogP contribution in [0, 0.1) is 35.3 Å². The molecule has 0 heterocycles. The van der Waals surface area contributed by atoms with Crippen molar-refractivity contribution in [3.8, 4) is 23.7 Å².